The second kappa shape index (κ2) is 7.61. The minimum absolute atomic E-state index is 0.899. The molecule has 4 heterocycles. The predicted molar refractivity (Wildman–Crippen MR) is 97.1 cm³/mol. The fraction of sp³-hybridized carbons (Fsp3) is 0.611. The second-order valence-electron chi connectivity index (χ2n) is 6.91. The highest BCUT2D eigenvalue weighted by atomic mass is 15.3. The maximum absolute atomic E-state index is 4.75. The van der Waals surface area contributed by atoms with Crippen molar-refractivity contribution in [3.05, 3.63) is 30.1 Å². The number of piperazine rings is 1. The van der Waals surface area contributed by atoms with Gasteiger partial charge in [0.05, 0.1) is 17.6 Å². The molecule has 2 N–H and O–H groups in total. The Balaban J connectivity index is 1.41. The van der Waals surface area contributed by atoms with E-state index in [0.717, 1.165) is 56.1 Å². The SMILES string of the molecule is c1ccc2[nH]c(CN3CCNCCN4CCN(CC4)CC3)nc2c1. The molecule has 0 spiro atoms. The third-order valence-electron chi connectivity index (χ3n) is 5.22. The molecule has 1 aromatic heterocycles. The number of H-pyrrole nitrogens is 1. The van der Waals surface area contributed by atoms with Crippen LogP contribution in [0.25, 0.3) is 11.0 Å². The third kappa shape index (κ3) is 3.95. The van der Waals surface area contributed by atoms with Gasteiger partial charge in [0.1, 0.15) is 5.82 Å². The van der Waals surface area contributed by atoms with Gasteiger partial charge >= 0.3 is 0 Å². The van der Waals surface area contributed by atoms with Crippen LogP contribution in [0.3, 0.4) is 0 Å². The number of fused-ring (bicyclic) bond motifs is 10. The predicted octanol–water partition coefficient (Wildman–Crippen LogP) is 0.586. The minimum atomic E-state index is 0.899. The van der Waals surface area contributed by atoms with Crippen LogP contribution in [0.2, 0.25) is 0 Å². The van der Waals surface area contributed by atoms with Crippen LogP contribution in [0.5, 0.6) is 0 Å². The van der Waals surface area contributed by atoms with E-state index in [1.54, 1.807) is 0 Å². The van der Waals surface area contributed by atoms with Crippen LogP contribution in [-0.2, 0) is 6.54 Å². The summed E-state index contributed by atoms with van der Waals surface area (Å²) in [7, 11) is 0. The third-order valence-corrected chi connectivity index (χ3v) is 5.22. The highest BCUT2D eigenvalue weighted by molar-refractivity contribution is 5.74. The van der Waals surface area contributed by atoms with Crippen molar-refractivity contribution in [3.8, 4) is 0 Å². The first-order chi connectivity index (χ1) is 11.9. The van der Waals surface area contributed by atoms with E-state index < -0.39 is 0 Å². The molecule has 0 radical (unpaired) electrons. The maximum Gasteiger partial charge on any atom is 0.121 e. The summed E-state index contributed by atoms with van der Waals surface area (Å²) in [5, 5.41) is 3.60. The Morgan fingerprint density at radius 1 is 0.833 bits per heavy atom. The molecule has 2 bridgehead atoms. The first-order valence-corrected chi connectivity index (χ1v) is 9.18. The lowest BCUT2D eigenvalue weighted by molar-refractivity contribution is 0.112. The average Bonchev–Trinajstić information content (AvgIpc) is 3.01. The monoisotopic (exact) mass is 328 g/mol. The van der Waals surface area contributed by atoms with Crippen molar-refractivity contribution < 1.29 is 0 Å². The number of aromatic amines is 1. The second-order valence-corrected chi connectivity index (χ2v) is 6.91. The molecule has 3 aliphatic heterocycles. The van der Waals surface area contributed by atoms with E-state index in [1.807, 2.05) is 6.07 Å². The first-order valence-electron chi connectivity index (χ1n) is 9.18. The Morgan fingerprint density at radius 3 is 2.38 bits per heavy atom. The summed E-state index contributed by atoms with van der Waals surface area (Å²) >= 11 is 0. The lowest BCUT2D eigenvalue weighted by Crippen LogP contribution is -2.51. The molecular weight excluding hydrogens is 300 g/mol. The molecule has 24 heavy (non-hydrogen) atoms. The molecular formula is C18H28N6. The van der Waals surface area contributed by atoms with Crippen LogP contribution in [0.15, 0.2) is 24.3 Å². The minimum Gasteiger partial charge on any atom is -0.341 e. The number of nitrogens with zero attached hydrogens (tertiary/aromatic N) is 4. The topological polar surface area (TPSA) is 50.4 Å². The summed E-state index contributed by atoms with van der Waals surface area (Å²) in [4.78, 5) is 15.9. The number of nitrogens with one attached hydrogen (secondary N) is 2. The number of imidazole rings is 1. The lowest BCUT2D eigenvalue weighted by Gasteiger charge is -2.36. The van der Waals surface area contributed by atoms with Gasteiger partial charge in [0, 0.05) is 65.4 Å². The van der Waals surface area contributed by atoms with E-state index in [9.17, 15) is 0 Å². The van der Waals surface area contributed by atoms with Crippen molar-refractivity contribution in [3.63, 3.8) is 0 Å². The summed E-state index contributed by atoms with van der Waals surface area (Å²) in [6, 6.07) is 8.28. The molecule has 6 nitrogen and oxygen atoms in total. The molecule has 5 rings (SSSR count). The highest BCUT2D eigenvalue weighted by Crippen LogP contribution is 2.12. The summed E-state index contributed by atoms with van der Waals surface area (Å²) in [5.41, 5.74) is 2.20. The molecule has 0 saturated carbocycles. The van der Waals surface area contributed by atoms with Gasteiger partial charge in [-0.1, -0.05) is 12.1 Å². The van der Waals surface area contributed by atoms with E-state index in [-0.39, 0.29) is 0 Å². The van der Waals surface area contributed by atoms with Crippen molar-refractivity contribution in [2.24, 2.45) is 0 Å². The molecule has 0 atom stereocenters. The Labute approximate surface area is 143 Å². The molecule has 0 amide bonds. The summed E-state index contributed by atoms with van der Waals surface area (Å²) in [6.07, 6.45) is 0. The van der Waals surface area contributed by atoms with E-state index in [4.69, 9.17) is 4.98 Å². The van der Waals surface area contributed by atoms with Crippen molar-refractivity contribution in [2.45, 2.75) is 6.54 Å². The van der Waals surface area contributed by atoms with Crippen LogP contribution >= 0.6 is 0 Å². The average molecular weight is 328 g/mol. The standard InChI is InChI=1S/C18H28N6/c1-2-4-17-16(3-1)20-18(21-17)15-24-8-6-19-5-7-22-9-11-23(12-10-22)13-14-24/h1-4,19H,5-15H2,(H,20,21). The number of hydrogen-bond acceptors (Lipinski definition) is 5. The van der Waals surface area contributed by atoms with Gasteiger partial charge in [-0.05, 0) is 12.1 Å². The maximum atomic E-state index is 4.75. The van der Waals surface area contributed by atoms with Crippen molar-refractivity contribution in [2.75, 3.05) is 65.4 Å². The van der Waals surface area contributed by atoms with Gasteiger partial charge in [-0.2, -0.15) is 0 Å². The first kappa shape index (κ1) is 16.0. The number of para-hydroxylation sites is 2. The van der Waals surface area contributed by atoms with Crippen LogP contribution in [-0.4, -0.2) is 90.1 Å². The summed E-state index contributed by atoms with van der Waals surface area (Å²) in [6.45, 7) is 12.4. The molecule has 130 valence electrons. The van der Waals surface area contributed by atoms with E-state index in [1.165, 1.54) is 32.7 Å². The summed E-state index contributed by atoms with van der Waals surface area (Å²) < 4.78 is 0. The number of benzene rings is 1. The molecule has 0 unspecified atom stereocenters. The van der Waals surface area contributed by atoms with Crippen LogP contribution in [0.4, 0.5) is 0 Å². The highest BCUT2D eigenvalue weighted by Gasteiger charge is 2.18. The number of aromatic nitrogens is 2. The molecule has 3 aliphatic rings. The molecule has 2 aromatic rings. The fourth-order valence-corrected chi connectivity index (χ4v) is 3.68. The quantitative estimate of drug-likeness (QED) is 0.845. The van der Waals surface area contributed by atoms with Gasteiger partial charge in [-0.25, -0.2) is 4.98 Å². The number of hydrogen-bond donors (Lipinski definition) is 2. The van der Waals surface area contributed by atoms with Gasteiger partial charge in [0.2, 0.25) is 0 Å². The van der Waals surface area contributed by atoms with Gasteiger partial charge in [0.25, 0.3) is 0 Å². The van der Waals surface area contributed by atoms with E-state index >= 15 is 0 Å². The normalized spacial score (nSPS) is 27.0. The molecule has 6 heteroatoms. The number of rotatable bonds is 2. The smallest absolute Gasteiger partial charge is 0.121 e. The van der Waals surface area contributed by atoms with Crippen LogP contribution in [0, 0.1) is 0 Å². The molecule has 0 aliphatic carbocycles. The zero-order valence-corrected chi connectivity index (χ0v) is 14.4. The van der Waals surface area contributed by atoms with Gasteiger partial charge in [-0.3, -0.25) is 14.7 Å². The fourth-order valence-electron chi connectivity index (χ4n) is 3.68. The Bertz CT molecular complexity index is 610. The Morgan fingerprint density at radius 2 is 1.54 bits per heavy atom. The van der Waals surface area contributed by atoms with E-state index in [0.29, 0.717) is 0 Å². The van der Waals surface area contributed by atoms with Gasteiger partial charge < -0.3 is 10.3 Å². The van der Waals surface area contributed by atoms with Gasteiger partial charge in [0.15, 0.2) is 0 Å². The zero-order chi connectivity index (χ0) is 16.2. The lowest BCUT2D eigenvalue weighted by atomic mass is 10.3. The van der Waals surface area contributed by atoms with Crippen molar-refractivity contribution in [1.82, 2.24) is 30.0 Å². The van der Waals surface area contributed by atoms with Crippen LogP contribution in [0.1, 0.15) is 5.82 Å². The van der Waals surface area contributed by atoms with E-state index in [2.05, 4.69) is 43.2 Å². The van der Waals surface area contributed by atoms with Crippen LogP contribution < -0.4 is 5.32 Å². The molecule has 3 saturated heterocycles. The summed E-state index contributed by atoms with van der Waals surface area (Å²) in [5.74, 6) is 1.08. The van der Waals surface area contributed by atoms with Gasteiger partial charge in [-0.15, -0.1) is 0 Å². The van der Waals surface area contributed by atoms with Crippen molar-refractivity contribution in [1.29, 1.82) is 0 Å². The Hall–Kier alpha value is -1.47. The Kier molecular flexibility index (Phi) is 5.08. The zero-order valence-electron chi connectivity index (χ0n) is 14.4. The molecule has 1 aromatic carbocycles. The molecule has 3 fully saturated rings. The largest absolute Gasteiger partial charge is 0.341 e. The van der Waals surface area contributed by atoms with Crippen molar-refractivity contribution >= 4 is 11.0 Å².